The zero-order chi connectivity index (χ0) is 18.0. The second-order valence-electron chi connectivity index (χ2n) is 6.49. The summed E-state index contributed by atoms with van der Waals surface area (Å²) in [5, 5.41) is 3.44. The lowest BCUT2D eigenvalue weighted by atomic mass is 9.99. The predicted molar refractivity (Wildman–Crippen MR) is 101 cm³/mol. The van der Waals surface area contributed by atoms with Crippen LogP contribution in [-0.4, -0.2) is 42.5 Å². The SMILES string of the molecule is CCCS(=O)(=O)N1CCCC(C(=O)Nc2nc3ccc(C)cc3s2)C1. The molecule has 2 aromatic rings. The van der Waals surface area contributed by atoms with Crippen molar-refractivity contribution in [1.29, 1.82) is 0 Å². The van der Waals surface area contributed by atoms with E-state index in [-0.39, 0.29) is 24.1 Å². The molecule has 25 heavy (non-hydrogen) atoms. The van der Waals surface area contributed by atoms with Crippen LogP contribution >= 0.6 is 11.3 Å². The Balaban J connectivity index is 1.69. The van der Waals surface area contributed by atoms with Gasteiger partial charge in [-0.2, -0.15) is 0 Å². The number of sulfonamides is 1. The van der Waals surface area contributed by atoms with Crippen molar-refractivity contribution in [3.05, 3.63) is 23.8 Å². The maximum Gasteiger partial charge on any atom is 0.230 e. The molecule has 6 nitrogen and oxygen atoms in total. The van der Waals surface area contributed by atoms with Gasteiger partial charge in [0.15, 0.2) is 5.13 Å². The van der Waals surface area contributed by atoms with Gasteiger partial charge in [0.25, 0.3) is 0 Å². The van der Waals surface area contributed by atoms with E-state index in [9.17, 15) is 13.2 Å². The molecule has 1 aliphatic rings. The number of nitrogens with zero attached hydrogens (tertiary/aromatic N) is 2. The average molecular weight is 382 g/mol. The number of hydrogen-bond acceptors (Lipinski definition) is 5. The lowest BCUT2D eigenvalue weighted by molar-refractivity contribution is -0.120. The van der Waals surface area contributed by atoms with E-state index in [0.29, 0.717) is 30.9 Å². The van der Waals surface area contributed by atoms with Crippen LogP contribution in [0.1, 0.15) is 31.7 Å². The third kappa shape index (κ3) is 4.19. The standard InChI is InChI=1S/C17H23N3O3S2/c1-3-9-25(22,23)20-8-4-5-13(11-20)16(21)19-17-18-14-7-6-12(2)10-15(14)24-17/h6-7,10,13H,3-5,8-9,11H2,1-2H3,(H,18,19,21). The molecule has 1 aromatic carbocycles. The number of aryl methyl sites for hydroxylation is 1. The summed E-state index contributed by atoms with van der Waals surface area (Å²) >= 11 is 1.44. The monoisotopic (exact) mass is 381 g/mol. The maximum atomic E-state index is 12.6. The Morgan fingerprint density at radius 3 is 3.00 bits per heavy atom. The van der Waals surface area contributed by atoms with Crippen molar-refractivity contribution in [2.75, 3.05) is 24.2 Å². The Morgan fingerprint density at radius 2 is 2.24 bits per heavy atom. The van der Waals surface area contributed by atoms with Crippen LogP contribution in [-0.2, 0) is 14.8 Å². The fourth-order valence-corrected chi connectivity index (χ4v) is 5.64. The van der Waals surface area contributed by atoms with E-state index >= 15 is 0 Å². The van der Waals surface area contributed by atoms with E-state index in [4.69, 9.17) is 0 Å². The zero-order valence-electron chi connectivity index (χ0n) is 14.5. The van der Waals surface area contributed by atoms with Gasteiger partial charge in [-0.05, 0) is 43.9 Å². The van der Waals surface area contributed by atoms with Crippen molar-refractivity contribution in [3.63, 3.8) is 0 Å². The molecule has 1 atom stereocenters. The molecule has 1 aliphatic heterocycles. The van der Waals surface area contributed by atoms with Crippen LogP contribution in [0.3, 0.4) is 0 Å². The summed E-state index contributed by atoms with van der Waals surface area (Å²) in [7, 11) is -3.26. The van der Waals surface area contributed by atoms with Gasteiger partial charge in [-0.1, -0.05) is 24.3 Å². The molecule has 8 heteroatoms. The van der Waals surface area contributed by atoms with Crippen molar-refractivity contribution in [2.24, 2.45) is 5.92 Å². The topological polar surface area (TPSA) is 79.4 Å². The molecule has 1 fully saturated rings. The highest BCUT2D eigenvalue weighted by atomic mass is 32.2. The highest BCUT2D eigenvalue weighted by Crippen LogP contribution is 2.28. The Hall–Kier alpha value is -1.51. The highest BCUT2D eigenvalue weighted by Gasteiger charge is 2.32. The van der Waals surface area contributed by atoms with Gasteiger partial charge in [0.05, 0.1) is 21.9 Å². The number of hydrogen-bond donors (Lipinski definition) is 1. The minimum absolute atomic E-state index is 0.137. The first-order chi connectivity index (χ1) is 11.9. The van der Waals surface area contributed by atoms with Crippen LogP contribution in [0.2, 0.25) is 0 Å². The number of aromatic nitrogens is 1. The largest absolute Gasteiger partial charge is 0.302 e. The second-order valence-corrected chi connectivity index (χ2v) is 9.61. The molecular weight excluding hydrogens is 358 g/mol. The first-order valence-electron chi connectivity index (χ1n) is 8.55. The van der Waals surface area contributed by atoms with E-state index < -0.39 is 10.0 Å². The van der Waals surface area contributed by atoms with E-state index in [1.165, 1.54) is 15.6 Å². The molecule has 3 rings (SSSR count). The van der Waals surface area contributed by atoms with Gasteiger partial charge in [0.2, 0.25) is 15.9 Å². The Labute approximate surface area is 152 Å². The van der Waals surface area contributed by atoms with Gasteiger partial charge in [0, 0.05) is 13.1 Å². The number of nitrogens with one attached hydrogen (secondary N) is 1. The normalized spacial score (nSPS) is 19.2. The molecule has 2 heterocycles. The minimum Gasteiger partial charge on any atom is -0.302 e. The predicted octanol–water partition coefficient (Wildman–Crippen LogP) is 3.00. The van der Waals surface area contributed by atoms with Crippen molar-refractivity contribution in [2.45, 2.75) is 33.1 Å². The van der Waals surface area contributed by atoms with Crippen LogP contribution in [0.4, 0.5) is 5.13 Å². The van der Waals surface area contributed by atoms with Gasteiger partial charge in [-0.3, -0.25) is 4.79 Å². The molecular formula is C17H23N3O3S2. The Kier molecular flexibility index (Phi) is 5.41. The third-order valence-electron chi connectivity index (χ3n) is 4.38. The first kappa shape index (κ1) is 18.3. The van der Waals surface area contributed by atoms with Crippen molar-refractivity contribution >= 4 is 42.6 Å². The van der Waals surface area contributed by atoms with E-state index in [2.05, 4.69) is 10.3 Å². The fraction of sp³-hybridized carbons (Fsp3) is 0.529. The average Bonchev–Trinajstić information content (AvgIpc) is 2.96. The van der Waals surface area contributed by atoms with Crippen LogP contribution in [0.25, 0.3) is 10.2 Å². The Morgan fingerprint density at radius 1 is 1.44 bits per heavy atom. The van der Waals surface area contributed by atoms with E-state index in [1.807, 2.05) is 32.0 Å². The Bertz CT molecular complexity index is 876. The number of amides is 1. The van der Waals surface area contributed by atoms with Gasteiger partial charge < -0.3 is 5.32 Å². The molecule has 0 aliphatic carbocycles. The number of rotatable bonds is 5. The fourth-order valence-electron chi connectivity index (χ4n) is 3.09. The van der Waals surface area contributed by atoms with Crippen molar-refractivity contribution in [1.82, 2.24) is 9.29 Å². The smallest absolute Gasteiger partial charge is 0.230 e. The number of piperidine rings is 1. The molecule has 1 N–H and O–H groups in total. The number of carbonyl (C=O) groups is 1. The molecule has 1 unspecified atom stereocenters. The molecule has 1 saturated heterocycles. The summed E-state index contributed by atoms with van der Waals surface area (Å²) in [6, 6.07) is 5.98. The van der Waals surface area contributed by atoms with Gasteiger partial charge in [-0.15, -0.1) is 0 Å². The summed E-state index contributed by atoms with van der Waals surface area (Å²) in [5.41, 5.74) is 2.01. The van der Waals surface area contributed by atoms with Gasteiger partial charge >= 0.3 is 0 Å². The third-order valence-corrected chi connectivity index (χ3v) is 7.36. The van der Waals surface area contributed by atoms with Gasteiger partial charge in [0.1, 0.15) is 0 Å². The number of benzene rings is 1. The summed E-state index contributed by atoms with van der Waals surface area (Å²) in [6.45, 7) is 4.63. The molecule has 136 valence electrons. The zero-order valence-corrected chi connectivity index (χ0v) is 16.1. The number of thiazole rings is 1. The number of carbonyl (C=O) groups excluding carboxylic acids is 1. The van der Waals surface area contributed by atoms with Crippen LogP contribution < -0.4 is 5.32 Å². The second kappa shape index (κ2) is 7.39. The van der Waals surface area contributed by atoms with Crippen molar-refractivity contribution in [3.8, 4) is 0 Å². The molecule has 1 aromatic heterocycles. The minimum atomic E-state index is -3.26. The highest BCUT2D eigenvalue weighted by molar-refractivity contribution is 7.89. The first-order valence-corrected chi connectivity index (χ1v) is 11.0. The lowest BCUT2D eigenvalue weighted by Crippen LogP contribution is -2.44. The number of fused-ring (bicyclic) bond motifs is 1. The molecule has 0 saturated carbocycles. The molecule has 1 amide bonds. The summed E-state index contributed by atoms with van der Waals surface area (Å²) in [5.74, 6) is -0.334. The van der Waals surface area contributed by atoms with Crippen LogP contribution in [0.15, 0.2) is 18.2 Å². The van der Waals surface area contributed by atoms with Crippen LogP contribution in [0, 0.1) is 12.8 Å². The van der Waals surface area contributed by atoms with Gasteiger partial charge in [-0.25, -0.2) is 17.7 Å². The van der Waals surface area contributed by atoms with E-state index in [1.54, 1.807) is 0 Å². The van der Waals surface area contributed by atoms with Crippen LogP contribution in [0.5, 0.6) is 0 Å². The van der Waals surface area contributed by atoms with E-state index in [0.717, 1.165) is 15.8 Å². The molecule has 0 radical (unpaired) electrons. The molecule has 0 bridgehead atoms. The summed E-state index contributed by atoms with van der Waals surface area (Å²) < 4.78 is 27.0. The molecule has 0 spiro atoms. The summed E-state index contributed by atoms with van der Waals surface area (Å²) in [6.07, 6.45) is 1.99. The number of anilines is 1. The quantitative estimate of drug-likeness (QED) is 0.863. The van der Waals surface area contributed by atoms with Crippen molar-refractivity contribution < 1.29 is 13.2 Å². The lowest BCUT2D eigenvalue weighted by Gasteiger charge is -2.30. The maximum absolute atomic E-state index is 12.6. The summed E-state index contributed by atoms with van der Waals surface area (Å²) in [4.78, 5) is 17.0.